The van der Waals surface area contributed by atoms with Crippen LogP contribution < -0.4 is 9.47 Å². The molecule has 0 aliphatic carbocycles. The molecule has 3 rings (SSSR count). The van der Waals surface area contributed by atoms with Crippen LogP contribution in [0.4, 0.5) is 0 Å². The lowest BCUT2D eigenvalue weighted by atomic mass is 9.96. The molecular formula is C34H45O10P. The monoisotopic (exact) mass is 644 g/mol. The summed E-state index contributed by atoms with van der Waals surface area (Å²) in [6, 6.07) is 20.0. The van der Waals surface area contributed by atoms with E-state index in [-0.39, 0.29) is 23.8 Å². The number of carbonyl (C=O) groups excluding carboxylic acids is 1. The van der Waals surface area contributed by atoms with Crippen LogP contribution in [0.25, 0.3) is 11.1 Å². The third-order valence-electron chi connectivity index (χ3n) is 6.79. The Balaban J connectivity index is 0.000000372. The topological polar surface area (TPSA) is 138 Å². The Morgan fingerprint density at radius 2 is 1.42 bits per heavy atom. The van der Waals surface area contributed by atoms with E-state index >= 15 is 0 Å². The van der Waals surface area contributed by atoms with Crippen LogP contribution in [0.2, 0.25) is 0 Å². The number of phenols is 1. The number of carboxylic acid groups (broad SMARTS) is 1. The fourth-order valence-electron chi connectivity index (χ4n) is 4.29. The van der Waals surface area contributed by atoms with E-state index in [4.69, 9.17) is 23.3 Å². The molecule has 0 aliphatic heterocycles. The largest absolute Gasteiger partial charge is 0.504 e. The van der Waals surface area contributed by atoms with Crippen LogP contribution in [0, 0.1) is 0 Å². The van der Waals surface area contributed by atoms with Crippen molar-refractivity contribution in [3.05, 3.63) is 77.9 Å². The molecular weight excluding hydrogens is 599 g/mol. The number of rotatable bonds is 16. The fraction of sp³-hybridized carbons (Fsp3) is 0.412. The molecule has 0 spiro atoms. The highest BCUT2D eigenvalue weighted by Crippen LogP contribution is 2.48. The zero-order valence-electron chi connectivity index (χ0n) is 26.9. The maximum absolute atomic E-state index is 12.6. The number of aromatic hydroxyl groups is 1. The van der Waals surface area contributed by atoms with Crippen molar-refractivity contribution < 1.29 is 47.6 Å². The molecule has 0 saturated heterocycles. The quantitative estimate of drug-likeness (QED) is 0.0909. The van der Waals surface area contributed by atoms with Gasteiger partial charge in [-0.15, -0.1) is 0 Å². The summed E-state index contributed by atoms with van der Waals surface area (Å²) < 4.78 is 39.1. The molecule has 0 saturated carbocycles. The van der Waals surface area contributed by atoms with Gasteiger partial charge in [0.05, 0.1) is 51.5 Å². The predicted octanol–water partition coefficient (Wildman–Crippen LogP) is 7.64. The molecule has 2 N–H and O–H groups in total. The van der Waals surface area contributed by atoms with E-state index in [1.165, 1.54) is 13.2 Å². The molecule has 0 heterocycles. The minimum Gasteiger partial charge on any atom is -0.504 e. The Morgan fingerprint density at radius 1 is 0.822 bits per heavy atom. The van der Waals surface area contributed by atoms with Crippen LogP contribution >= 0.6 is 7.60 Å². The normalized spacial score (nSPS) is 12.3. The summed E-state index contributed by atoms with van der Waals surface area (Å²) in [4.78, 5) is 22.9. The van der Waals surface area contributed by atoms with Gasteiger partial charge in [0.1, 0.15) is 5.75 Å². The first-order chi connectivity index (χ1) is 21.5. The molecule has 0 radical (unpaired) electrons. The second-order valence-electron chi connectivity index (χ2n) is 9.96. The second-order valence-corrected chi connectivity index (χ2v) is 12.1. The molecule has 0 aromatic heterocycles. The van der Waals surface area contributed by atoms with Crippen molar-refractivity contribution in [2.45, 2.75) is 52.9 Å². The van der Waals surface area contributed by atoms with Crippen molar-refractivity contribution in [1.82, 2.24) is 0 Å². The zero-order valence-corrected chi connectivity index (χ0v) is 27.8. The molecule has 2 atom stereocenters. The van der Waals surface area contributed by atoms with E-state index in [2.05, 4.69) is 0 Å². The minimum atomic E-state index is -3.11. The second kappa shape index (κ2) is 18.8. The fourth-order valence-corrected chi connectivity index (χ4v) is 5.93. The van der Waals surface area contributed by atoms with E-state index in [0.29, 0.717) is 49.9 Å². The molecule has 0 aliphatic rings. The van der Waals surface area contributed by atoms with Gasteiger partial charge in [0, 0.05) is 5.56 Å². The summed E-state index contributed by atoms with van der Waals surface area (Å²) in [5.41, 5.74) is 3.28. The highest BCUT2D eigenvalue weighted by molar-refractivity contribution is 7.53. The van der Waals surface area contributed by atoms with Crippen molar-refractivity contribution in [1.29, 1.82) is 0 Å². The van der Waals surface area contributed by atoms with Crippen molar-refractivity contribution in [2.75, 3.05) is 39.7 Å². The maximum atomic E-state index is 12.6. The molecule has 10 nitrogen and oxygen atoms in total. The van der Waals surface area contributed by atoms with Gasteiger partial charge in [-0.25, -0.2) is 0 Å². The molecule has 0 bridgehead atoms. The molecule has 2 unspecified atom stereocenters. The Bertz CT molecular complexity index is 1400. The zero-order chi connectivity index (χ0) is 33.4. The van der Waals surface area contributed by atoms with Crippen molar-refractivity contribution in [3.63, 3.8) is 0 Å². The van der Waals surface area contributed by atoms with Crippen LogP contribution in [0.3, 0.4) is 0 Å². The number of phenolic OH excluding ortho intramolecular Hbond substituents is 1. The van der Waals surface area contributed by atoms with Gasteiger partial charge < -0.3 is 33.5 Å². The van der Waals surface area contributed by atoms with Gasteiger partial charge in [0.2, 0.25) is 0 Å². The first kappa shape index (κ1) is 37.3. The number of aliphatic carboxylic acids is 1. The third kappa shape index (κ3) is 11.5. The lowest BCUT2D eigenvalue weighted by Crippen LogP contribution is -2.12. The number of hydrogen-bond donors (Lipinski definition) is 2. The van der Waals surface area contributed by atoms with Crippen molar-refractivity contribution >= 4 is 19.5 Å². The van der Waals surface area contributed by atoms with Gasteiger partial charge in [-0.2, -0.15) is 0 Å². The van der Waals surface area contributed by atoms with Crippen LogP contribution in [0.1, 0.15) is 64.0 Å². The Kier molecular flexibility index (Phi) is 15.6. The highest BCUT2D eigenvalue weighted by atomic mass is 31.2. The van der Waals surface area contributed by atoms with Gasteiger partial charge in [0.15, 0.2) is 11.5 Å². The van der Waals surface area contributed by atoms with E-state index in [9.17, 15) is 24.4 Å². The minimum absolute atomic E-state index is 0.0577. The van der Waals surface area contributed by atoms with Gasteiger partial charge in [-0.3, -0.25) is 14.2 Å². The van der Waals surface area contributed by atoms with Crippen molar-refractivity contribution in [3.8, 4) is 28.4 Å². The smallest absolute Gasteiger partial charge is 0.330 e. The van der Waals surface area contributed by atoms with Gasteiger partial charge in [0.25, 0.3) is 0 Å². The van der Waals surface area contributed by atoms with E-state index in [1.807, 2.05) is 42.5 Å². The molecule has 0 fully saturated rings. The number of carboxylic acids is 1. The summed E-state index contributed by atoms with van der Waals surface area (Å²) in [7, 11) is -1.64. The van der Waals surface area contributed by atoms with E-state index < -0.39 is 19.5 Å². The first-order valence-corrected chi connectivity index (χ1v) is 16.7. The summed E-state index contributed by atoms with van der Waals surface area (Å²) in [6.45, 7) is 10.0. The number of hydrogen-bond acceptors (Lipinski definition) is 9. The summed E-state index contributed by atoms with van der Waals surface area (Å²) in [6.07, 6.45) is 0.755. The predicted molar refractivity (Wildman–Crippen MR) is 173 cm³/mol. The molecule has 3 aromatic carbocycles. The average molecular weight is 645 g/mol. The number of benzene rings is 3. The molecule has 45 heavy (non-hydrogen) atoms. The molecule has 3 aromatic rings. The molecule has 11 heteroatoms. The van der Waals surface area contributed by atoms with Gasteiger partial charge >= 0.3 is 19.5 Å². The summed E-state index contributed by atoms with van der Waals surface area (Å²) in [5, 5.41) is 18.7. The summed E-state index contributed by atoms with van der Waals surface area (Å²) in [5.74, 6) is -1.17. The Morgan fingerprint density at radius 3 is 2.00 bits per heavy atom. The van der Waals surface area contributed by atoms with Crippen molar-refractivity contribution in [2.24, 2.45) is 0 Å². The average Bonchev–Trinajstić information content (AvgIpc) is 3.03. The third-order valence-corrected chi connectivity index (χ3v) is 8.96. The number of ether oxygens (including phenoxy) is 3. The SMILES string of the molecule is CCOC(=O)C(C)c1ccc(O)c(OC)c1.CCOP(=O)(CCCOc1cc(C(C)C(=O)O)ccc1-c1ccccc1)OCC. The number of carbonyl (C=O) groups is 2. The standard InChI is InChI=1S/C22H29O6P.C12H16O4/c1-4-27-29(25,28-5-2)15-9-14-26-21-16-19(17(3)22(23)24)12-13-20(21)18-10-7-6-8-11-18;1-4-16-12(14)8(2)9-5-6-10(13)11(7-9)15-3/h6-8,10-13,16-17H,4-5,9,14-15H2,1-3H3,(H,23,24);5-8,13H,4H2,1-3H3. The lowest BCUT2D eigenvalue weighted by Gasteiger charge is -2.18. The van der Waals surface area contributed by atoms with Crippen LogP contribution in [0.5, 0.6) is 17.2 Å². The van der Waals surface area contributed by atoms with Gasteiger partial charge in [-0.1, -0.05) is 48.5 Å². The van der Waals surface area contributed by atoms with Crippen LogP contribution in [-0.2, 0) is 27.9 Å². The van der Waals surface area contributed by atoms with E-state index in [1.54, 1.807) is 52.8 Å². The Labute approximate surface area is 265 Å². The van der Waals surface area contributed by atoms with Crippen LogP contribution in [-0.4, -0.2) is 61.9 Å². The molecule has 246 valence electrons. The van der Waals surface area contributed by atoms with E-state index in [0.717, 1.165) is 16.7 Å². The Hall–Kier alpha value is -3.85. The van der Waals surface area contributed by atoms with Crippen LogP contribution in [0.15, 0.2) is 66.7 Å². The maximum Gasteiger partial charge on any atom is 0.330 e. The number of methoxy groups -OCH3 is 1. The first-order valence-electron chi connectivity index (χ1n) is 15.0. The summed E-state index contributed by atoms with van der Waals surface area (Å²) >= 11 is 0. The molecule has 0 amide bonds. The lowest BCUT2D eigenvalue weighted by molar-refractivity contribution is -0.144. The highest BCUT2D eigenvalue weighted by Gasteiger charge is 2.23. The van der Waals surface area contributed by atoms with Gasteiger partial charge in [-0.05, 0) is 75.9 Å². The number of esters is 1.